The molecule has 3 heteroatoms. The minimum Gasteiger partial charge on any atom is -0.493 e. The molecule has 0 aliphatic rings. The zero-order valence-corrected chi connectivity index (χ0v) is 12.2. The zero-order chi connectivity index (χ0) is 13.5. The van der Waals surface area contributed by atoms with Crippen molar-refractivity contribution < 1.29 is 9.47 Å². The molecule has 0 aliphatic carbocycles. The van der Waals surface area contributed by atoms with Gasteiger partial charge in [0.15, 0.2) is 11.5 Å². The summed E-state index contributed by atoms with van der Waals surface area (Å²) in [6, 6.07) is 4.02. The van der Waals surface area contributed by atoms with Gasteiger partial charge >= 0.3 is 0 Å². The molecule has 0 spiro atoms. The molecule has 0 unspecified atom stereocenters. The van der Waals surface area contributed by atoms with Crippen LogP contribution in [0.2, 0.25) is 0 Å². The van der Waals surface area contributed by atoms with Gasteiger partial charge in [0.1, 0.15) is 0 Å². The molecule has 18 heavy (non-hydrogen) atoms. The molecule has 0 amide bonds. The molecule has 0 atom stereocenters. The van der Waals surface area contributed by atoms with Crippen LogP contribution in [0.5, 0.6) is 11.5 Å². The van der Waals surface area contributed by atoms with E-state index in [9.17, 15) is 0 Å². The first kappa shape index (κ1) is 14.7. The lowest BCUT2D eigenvalue weighted by atomic mass is 10.0. The van der Waals surface area contributed by atoms with Gasteiger partial charge in [-0.1, -0.05) is 26.7 Å². The summed E-state index contributed by atoms with van der Waals surface area (Å²) >= 11 is 0. The van der Waals surface area contributed by atoms with E-state index in [0.29, 0.717) is 0 Å². The Morgan fingerprint density at radius 1 is 1.06 bits per heavy atom. The number of nitrogens with one attached hydrogen (secondary N) is 1. The Hall–Kier alpha value is -1.38. The van der Waals surface area contributed by atoms with Crippen LogP contribution in [0.1, 0.15) is 32.3 Å². The maximum absolute atomic E-state index is 5.33. The van der Waals surface area contributed by atoms with Crippen molar-refractivity contribution in [3.8, 4) is 11.5 Å². The van der Waals surface area contributed by atoms with Crippen molar-refractivity contribution in [2.45, 2.75) is 33.6 Å². The summed E-state index contributed by atoms with van der Waals surface area (Å²) in [5.41, 5.74) is 2.30. The summed E-state index contributed by atoms with van der Waals surface area (Å²) in [7, 11) is 3.33. The van der Waals surface area contributed by atoms with E-state index in [0.717, 1.165) is 29.6 Å². The van der Waals surface area contributed by atoms with Crippen molar-refractivity contribution in [1.82, 2.24) is 0 Å². The second kappa shape index (κ2) is 7.14. The highest BCUT2D eigenvalue weighted by molar-refractivity contribution is 5.60. The number of aryl methyl sites for hydroxylation is 1. The van der Waals surface area contributed by atoms with Gasteiger partial charge in [0.05, 0.1) is 14.2 Å². The van der Waals surface area contributed by atoms with E-state index < -0.39 is 0 Å². The fourth-order valence-corrected chi connectivity index (χ4v) is 2.00. The fraction of sp³-hybridized carbons (Fsp3) is 0.600. The van der Waals surface area contributed by atoms with Crippen LogP contribution in [0.3, 0.4) is 0 Å². The van der Waals surface area contributed by atoms with Crippen LogP contribution >= 0.6 is 0 Å². The van der Waals surface area contributed by atoms with Gasteiger partial charge in [-0.25, -0.2) is 0 Å². The number of ether oxygens (including phenoxy) is 2. The van der Waals surface area contributed by atoms with Crippen LogP contribution in [-0.2, 0) is 0 Å². The highest BCUT2D eigenvalue weighted by Crippen LogP contribution is 2.33. The van der Waals surface area contributed by atoms with Gasteiger partial charge in [-0.05, 0) is 24.5 Å². The van der Waals surface area contributed by atoms with E-state index in [-0.39, 0.29) is 0 Å². The Kier molecular flexibility index (Phi) is 5.83. The third-order valence-electron chi connectivity index (χ3n) is 3.47. The van der Waals surface area contributed by atoms with Crippen molar-refractivity contribution in [1.29, 1.82) is 0 Å². The maximum Gasteiger partial charge on any atom is 0.162 e. The van der Waals surface area contributed by atoms with Gasteiger partial charge in [-0.2, -0.15) is 0 Å². The van der Waals surface area contributed by atoms with Crippen LogP contribution < -0.4 is 14.8 Å². The van der Waals surface area contributed by atoms with E-state index in [1.807, 2.05) is 12.1 Å². The second-order valence-corrected chi connectivity index (χ2v) is 4.59. The normalized spacial score (nSPS) is 10.6. The first-order valence-corrected chi connectivity index (χ1v) is 6.62. The summed E-state index contributed by atoms with van der Waals surface area (Å²) in [6.07, 6.45) is 2.41. The lowest BCUT2D eigenvalue weighted by Gasteiger charge is -2.17. The summed E-state index contributed by atoms with van der Waals surface area (Å²) in [5, 5.41) is 3.51. The largest absolute Gasteiger partial charge is 0.493 e. The van der Waals surface area contributed by atoms with Crippen LogP contribution in [0.25, 0.3) is 0 Å². The monoisotopic (exact) mass is 251 g/mol. The molecule has 0 radical (unpaired) electrons. The lowest BCUT2D eigenvalue weighted by molar-refractivity contribution is 0.355. The average molecular weight is 251 g/mol. The van der Waals surface area contributed by atoms with E-state index in [2.05, 4.69) is 26.1 Å². The molecule has 0 aromatic heterocycles. The first-order chi connectivity index (χ1) is 8.65. The molecule has 0 heterocycles. The number of rotatable bonds is 7. The smallest absolute Gasteiger partial charge is 0.162 e. The van der Waals surface area contributed by atoms with Gasteiger partial charge in [0.25, 0.3) is 0 Å². The van der Waals surface area contributed by atoms with Crippen LogP contribution in [0.4, 0.5) is 5.69 Å². The molecule has 0 saturated heterocycles. The Bertz CT molecular complexity index is 373. The minimum atomic E-state index is 0.720. The zero-order valence-electron chi connectivity index (χ0n) is 12.2. The quantitative estimate of drug-likeness (QED) is 0.798. The van der Waals surface area contributed by atoms with E-state index in [1.54, 1.807) is 14.2 Å². The van der Waals surface area contributed by atoms with Gasteiger partial charge < -0.3 is 14.8 Å². The second-order valence-electron chi connectivity index (χ2n) is 4.59. The van der Waals surface area contributed by atoms with Gasteiger partial charge in [-0.15, -0.1) is 0 Å². The van der Waals surface area contributed by atoms with Crippen LogP contribution in [-0.4, -0.2) is 20.8 Å². The summed E-state index contributed by atoms with van der Waals surface area (Å²) < 4.78 is 10.6. The summed E-state index contributed by atoms with van der Waals surface area (Å²) in [6.45, 7) is 7.55. The summed E-state index contributed by atoms with van der Waals surface area (Å²) in [4.78, 5) is 0. The lowest BCUT2D eigenvalue weighted by Crippen LogP contribution is -2.13. The number of hydrogen-bond acceptors (Lipinski definition) is 3. The van der Waals surface area contributed by atoms with E-state index in [4.69, 9.17) is 9.47 Å². The molecule has 1 N–H and O–H groups in total. The Balaban J connectivity index is 2.82. The number of benzene rings is 1. The molecule has 3 nitrogen and oxygen atoms in total. The maximum atomic E-state index is 5.33. The van der Waals surface area contributed by atoms with Crippen molar-refractivity contribution in [2.24, 2.45) is 5.92 Å². The van der Waals surface area contributed by atoms with Gasteiger partial charge in [0.2, 0.25) is 0 Å². The van der Waals surface area contributed by atoms with Crippen molar-refractivity contribution in [3.63, 3.8) is 0 Å². The van der Waals surface area contributed by atoms with E-state index in [1.165, 1.54) is 18.4 Å². The van der Waals surface area contributed by atoms with E-state index >= 15 is 0 Å². The van der Waals surface area contributed by atoms with Crippen molar-refractivity contribution >= 4 is 5.69 Å². The average Bonchev–Trinajstić information content (AvgIpc) is 2.40. The molecular weight excluding hydrogens is 226 g/mol. The first-order valence-electron chi connectivity index (χ1n) is 6.62. The molecule has 0 fully saturated rings. The van der Waals surface area contributed by atoms with Crippen molar-refractivity contribution in [3.05, 3.63) is 17.7 Å². The SMILES string of the molecule is CCC(CC)CNc1cc(OC)c(OC)cc1C. The standard InChI is InChI=1S/C15H25NO2/c1-6-12(7-2)10-16-13-9-15(18-5)14(17-4)8-11(13)3/h8-9,12,16H,6-7,10H2,1-5H3. The van der Waals surface area contributed by atoms with Gasteiger partial charge in [0, 0.05) is 18.3 Å². The molecule has 0 aliphatic heterocycles. The highest BCUT2D eigenvalue weighted by Gasteiger charge is 2.09. The third kappa shape index (κ3) is 3.56. The molecule has 1 aromatic rings. The molecule has 1 aromatic carbocycles. The molecule has 102 valence electrons. The number of anilines is 1. The third-order valence-corrected chi connectivity index (χ3v) is 3.47. The number of methoxy groups -OCH3 is 2. The molecular formula is C15H25NO2. The van der Waals surface area contributed by atoms with Crippen LogP contribution in [0.15, 0.2) is 12.1 Å². The van der Waals surface area contributed by atoms with Crippen LogP contribution in [0, 0.1) is 12.8 Å². The predicted molar refractivity (Wildman–Crippen MR) is 76.8 cm³/mol. The molecule has 0 saturated carbocycles. The highest BCUT2D eigenvalue weighted by atomic mass is 16.5. The van der Waals surface area contributed by atoms with Crippen molar-refractivity contribution in [2.75, 3.05) is 26.1 Å². The Morgan fingerprint density at radius 3 is 2.11 bits per heavy atom. The molecule has 0 bridgehead atoms. The topological polar surface area (TPSA) is 30.5 Å². The Labute approximate surface area is 110 Å². The summed E-state index contributed by atoms with van der Waals surface area (Å²) in [5.74, 6) is 2.27. The Morgan fingerprint density at radius 2 is 1.61 bits per heavy atom. The molecule has 1 rings (SSSR count). The number of hydrogen-bond donors (Lipinski definition) is 1. The fourth-order valence-electron chi connectivity index (χ4n) is 2.00. The van der Waals surface area contributed by atoms with Gasteiger partial charge in [-0.3, -0.25) is 0 Å². The predicted octanol–water partition coefficient (Wildman–Crippen LogP) is 3.86. The minimum absolute atomic E-state index is 0.720.